The molecule has 0 aliphatic carbocycles. The van der Waals surface area contributed by atoms with E-state index in [9.17, 15) is 14.7 Å². The van der Waals surface area contributed by atoms with Crippen LogP contribution in [0, 0.1) is 0 Å². The van der Waals surface area contributed by atoms with Gasteiger partial charge in [-0.25, -0.2) is 0 Å². The molecule has 0 bridgehead atoms. The molecule has 2 N–H and O–H groups in total. The fourth-order valence-electron chi connectivity index (χ4n) is 3.28. The van der Waals surface area contributed by atoms with Crippen LogP contribution in [-0.4, -0.2) is 58.9 Å². The van der Waals surface area contributed by atoms with Gasteiger partial charge in [0, 0.05) is 39.1 Å². The second-order valence-corrected chi connectivity index (χ2v) is 6.28. The van der Waals surface area contributed by atoms with E-state index in [0.29, 0.717) is 19.4 Å². The van der Waals surface area contributed by atoms with Crippen molar-refractivity contribution in [3.05, 3.63) is 29.8 Å². The largest absolute Gasteiger partial charge is 0.508 e. The lowest BCUT2D eigenvalue weighted by atomic mass is 10.2. The molecule has 1 atom stereocenters. The summed E-state index contributed by atoms with van der Waals surface area (Å²) >= 11 is 0. The summed E-state index contributed by atoms with van der Waals surface area (Å²) in [5.41, 5.74) is 1.08. The molecule has 0 spiro atoms. The molecule has 0 radical (unpaired) electrons. The van der Waals surface area contributed by atoms with Crippen molar-refractivity contribution in [2.24, 2.45) is 0 Å². The number of rotatable bonds is 3. The van der Waals surface area contributed by atoms with Crippen molar-refractivity contribution >= 4 is 11.8 Å². The number of phenols is 1. The summed E-state index contributed by atoms with van der Waals surface area (Å²) in [7, 11) is 0. The first kappa shape index (κ1) is 15.8. The SMILES string of the molecule is O=C1CC[C@@H](C(=O)N2CCCN(Cc3cccc(O)c3)CC2)N1. The van der Waals surface area contributed by atoms with Crippen LogP contribution >= 0.6 is 0 Å². The molecule has 2 fully saturated rings. The Kier molecular flexibility index (Phi) is 4.81. The molecule has 2 heterocycles. The maximum atomic E-state index is 12.5. The van der Waals surface area contributed by atoms with E-state index in [1.165, 1.54) is 0 Å². The third-order valence-corrected chi connectivity index (χ3v) is 4.51. The van der Waals surface area contributed by atoms with Gasteiger partial charge in [0.05, 0.1) is 0 Å². The number of carbonyl (C=O) groups excluding carboxylic acids is 2. The molecule has 23 heavy (non-hydrogen) atoms. The summed E-state index contributed by atoms with van der Waals surface area (Å²) in [6.07, 6.45) is 1.99. The molecule has 2 amide bonds. The Morgan fingerprint density at radius 1 is 1.26 bits per heavy atom. The number of nitrogens with one attached hydrogen (secondary N) is 1. The highest BCUT2D eigenvalue weighted by atomic mass is 16.3. The van der Waals surface area contributed by atoms with E-state index in [1.54, 1.807) is 12.1 Å². The van der Waals surface area contributed by atoms with E-state index in [-0.39, 0.29) is 23.6 Å². The minimum Gasteiger partial charge on any atom is -0.508 e. The van der Waals surface area contributed by atoms with Gasteiger partial charge >= 0.3 is 0 Å². The average molecular weight is 317 g/mol. The van der Waals surface area contributed by atoms with Crippen LogP contribution in [0.2, 0.25) is 0 Å². The van der Waals surface area contributed by atoms with E-state index in [0.717, 1.165) is 38.2 Å². The molecule has 3 rings (SSSR count). The summed E-state index contributed by atoms with van der Waals surface area (Å²) in [6.45, 7) is 3.93. The Hall–Kier alpha value is -2.08. The number of hydrogen-bond acceptors (Lipinski definition) is 4. The third kappa shape index (κ3) is 4.01. The van der Waals surface area contributed by atoms with E-state index in [1.807, 2.05) is 17.0 Å². The van der Waals surface area contributed by atoms with Crippen LogP contribution < -0.4 is 5.32 Å². The topological polar surface area (TPSA) is 72.9 Å². The number of nitrogens with zero attached hydrogens (tertiary/aromatic N) is 2. The first-order valence-corrected chi connectivity index (χ1v) is 8.20. The quantitative estimate of drug-likeness (QED) is 0.861. The Morgan fingerprint density at radius 2 is 2.13 bits per heavy atom. The Balaban J connectivity index is 1.54. The minimum absolute atomic E-state index is 0.0244. The molecule has 0 aromatic heterocycles. The van der Waals surface area contributed by atoms with Crippen LogP contribution in [0.5, 0.6) is 5.75 Å². The maximum absolute atomic E-state index is 12.5. The summed E-state index contributed by atoms with van der Waals surface area (Å²) in [4.78, 5) is 27.9. The summed E-state index contributed by atoms with van der Waals surface area (Å²) in [5.74, 6) is 0.310. The number of carbonyl (C=O) groups is 2. The van der Waals surface area contributed by atoms with E-state index in [4.69, 9.17) is 0 Å². The highest BCUT2D eigenvalue weighted by Crippen LogP contribution is 2.16. The van der Waals surface area contributed by atoms with Gasteiger partial charge in [-0.3, -0.25) is 14.5 Å². The zero-order valence-corrected chi connectivity index (χ0v) is 13.2. The molecule has 0 unspecified atom stereocenters. The molecular formula is C17H23N3O3. The van der Waals surface area contributed by atoms with Gasteiger partial charge < -0.3 is 15.3 Å². The molecule has 2 saturated heterocycles. The zero-order chi connectivity index (χ0) is 16.2. The lowest BCUT2D eigenvalue weighted by Gasteiger charge is -2.24. The summed E-state index contributed by atoms with van der Waals surface area (Å²) in [6, 6.07) is 6.97. The smallest absolute Gasteiger partial charge is 0.245 e. The van der Waals surface area contributed by atoms with Gasteiger partial charge in [-0.1, -0.05) is 12.1 Å². The number of phenolic OH excluding ortho intramolecular Hbond substituents is 1. The predicted molar refractivity (Wildman–Crippen MR) is 85.7 cm³/mol. The van der Waals surface area contributed by atoms with Gasteiger partial charge in [-0.15, -0.1) is 0 Å². The second-order valence-electron chi connectivity index (χ2n) is 6.28. The molecule has 6 heteroatoms. The van der Waals surface area contributed by atoms with E-state index < -0.39 is 0 Å². The van der Waals surface area contributed by atoms with Crippen LogP contribution in [0.4, 0.5) is 0 Å². The molecule has 1 aromatic rings. The van der Waals surface area contributed by atoms with Crippen LogP contribution in [0.1, 0.15) is 24.8 Å². The second kappa shape index (κ2) is 7.00. The molecule has 0 saturated carbocycles. The molecule has 2 aliphatic heterocycles. The number of benzene rings is 1. The van der Waals surface area contributed by atoms with Crippen molar-refractivity contribution in [2.45, 2.75) is 31.8 Å². The van der Waals surface area contributed by atoms with Crippen molar-refractivity contribution in [2.75, 3.05) is 26.2 Å². The predicted octanol–water partition coefficient (Wildman–Crippen LogP) is 0.705. The van der Waals surface area contributed by atoms with E-state index >= 15 is 0 Å². The highest BCUT2D eigenvalue weighted by molar-refractivity contribution is 5.90. The molecule has 1 aromatic carbocycles. The van der Waals surface area contributed by atoms with Gasteiger partial charge in [-0.2, -0.15) is 0 Å². The summed E-state index contributed by atoms with van der Waals surface area (Å²) in [5, 5.41) is 12.3. The van der Waals surface area contributed by atoms with E-state index in [2.05, 4.69) is 10.2 Å². The summed E-state index contributed by atoms with van der Waals surface area (Å²) < 4.78 is 0. The number of amides is 2. The normalized spacial score (nSPS) is 22.7. The molecule has 124 valence electrons. The Bertz CT molecular complexity index is 590. The Morgan fingerprint density at radius 3 is 2.87 bits per heavy atom. The van der Waals surface area contributed by atoms with Crippen molar-refractivity contribution in [1.82, 2.24) is 15.1 Å². The van der Waals surface area contributed by atoms with Crippen molar-refractivity contribution in [1.29, 1.82) is 0 Å². The molecular weight excluding hydrogens is 294 g/mol. The minimum atomic E-state index is -0.333. The molecule has 6 nitrogen and oxygen atoms in total. The lowest BCUT2D eigenvalue weighted by molar-refractivity contribution is -0.134. The average Bonchev–Trinajstić information content (AvgIpc) is 2.82. The number of hydrogen-bond donors (Lipinski definition) is 2. The lowest BCUT2D eigenvalue weighted by Crippen LogP contribution is -2.45. The Labute approximate surface area is 136 Å². The first-order valence-electron chi connectivity index (χ1n) is 8.20. The standard InChI is InChI=1S/C17H23N3O3/c21-14-4-1-3-13(11-14)12-19-7-2-8-20(10-9-19)17(23)15-5-6-16(22)18-15/h1,3-4,11,15,21H,2,5-10,12H2,(H,18,22)/t15-/m0/s1. The van der Waals surface area contributed by atoms with Gasteiger partial charge in [0.1, 0.15) is 11.8 Å². The highest BCUT2D eigenvalue weighted by Gasteiger charge is 2.31. The monoisotopic (exact) mass is 317 g/mol. The third-order valence-electron chi connectivity index (χ3n) is 4.51. The van der Waals surface area contributed by atoms with Crippen molar-refractivity contribution in [3.63, 3.8) is 0 Å². The van der Waals surface area contributed by atoms with Crippen LogP contribution in [-0.2, 0) is 16.1 Å². The van der Waals surface area contributed by atoms with Crippen LogP contribution in [0.25, 0.3) is 0 Å². The number of aromatic hydroxyl groups is 1. The first-order chi connectivity index (χ1) is 11.1. The van der Waals surface area contributed by atoms with Gasteiger partial charge in [0.15, 0.2) is 0 Å². The fraction of sp³-hybridized carbons (Fsp3) is 0.529. The van der Waals surface area contributed by atoms with Crippen LogP contribution in [0.3, 0.4) is 0 Å². The molecule has 2 aliphatic rings. The fourth-order valence-corrected chi connectivity index (χ4v) is 3.28. The van der Waals surface area contributed by atoms with Gasteiger partial charge in [0.2, 0.25) is 11.8 Å². The van der Waals surface area contributed by atoms with Gasteiger partial charge in [-0.05, 0) is 30.5 Å². The maximum Gasteiger partial charge on any atom is 0.245 e. The zero-order valence-electron chi connectivity index (χ0n) is 13.2. The van der Waals surface area contributed by atoms with Crippen LogP contribution in [0.15, 0.2) is 24.3 Å². The van der Waals surface area contributed by atoms with Gasteiger partial charge in [0.25, 0.3) is 0 Å². The van der Waals surface area contributed by atoms with Crippen molar-refractivity contribution in [3.8, 4) is 5.75 Å². The van der Waals surface area contributed by atoms with Crippen molar-refractivity contribution < 1.29 is 14.7 Å².